The molecule has 4 aromatic rings. The summed E-state index contributed by atoms with van der Waals surface area (Å²) in [6.07, 6.45) is 1.68. The van der Waals surface area contributed by atoms with E-state index < -0.39 is 0 Å². The number of fused-ring (bicyclic) bond motifs is 1. The lowest BCUT2D eigenvalue weighted by Gasteiger charge is -2.18. The number of aromatic nitrogens is 1. The van der Waals surface area contributed by atoms with Gasteiger partial charge in [0.05, 0.1) is 12.2 Å². The highest BCUT2D eigenvalue weighted by Gasteiger charge is 2.13. The van der Waals surface area contributed by atoms with Crippen LogP contribution in [0.25, 0.3) is 22.6 Å². The van der Waals surface area contributed by atoms with Crippen molar-refractivity contribution in [2.45, 2.75) is 32.8 Å². The van der Waals surface area contributed by atoms with Crippen molar-refractivity contribution in [3.63, 3.8) is 0 Å². The van der Waals surface area contributed by atoms with Crippen molar-refractivity contribution >= 4 is 17.1 Å². The number of para-hydroxylation sites is 2. The van der Waals surface area contributed by atoms with Gasteiger partial charge in [0.2, 0.25) is 5.89 Å². The number of carbonyl (C=O) groups excluding carboxylic acids is 1. The lowest BCUT2D eigenvalue weighted by molar-refractivity contribution is 0.0526. The smallest absolute Gasteiger partial charge is 0.338 e. The molecule has 4 rings (SSSR count). The van der Waals surface area contributed by atoms with Gasteiger partial charge in [-0.25, -0.2) is 9.78 Å². The molecule has 158 valence electrons. The summed E-state index contributed by atoms with van der Waals surface area (Å²) in [6, 6.07) is 23.1. The first-order chi connectivity index (χ1) is 15.2. The van der Waals surface area contributed by atoms with E-state index in [2.05, 4.69) is 24.0 Å². The van der Waals surface area contributed by atoms with Gasteiger partial charge in [0, 0.05) is 12.0 Å². The minimum Gasteiger partial charge on any atom is -0.490 e. The van der Waals surface area contributed by atoms with Crippen LogP contribution in [-0.2, 0) is 11.2 Å². The molecule has 31 heavy (non-hydrogen) atoms. The number of ether oxygens (including phenoxy) is 2. The Morgan fingerprint density at radius 1 is 0.968 bits per heavy atom. The van der Waals surface area contributed by atoms with Crippen LogP contribution in [0.1, 0.15) is 36.2 Å². The maximum absolute atomic E-state index is 11.8. The number of benzene rings is 3. The fourth-order valence-corrected chi connectivity index (χ4v) is 3.39. The Balaban J connectivity index is 1.40. The molecule has 0 spiro atoms. The van der Waals surface area contributed by atoms with Gasteiger partial charge in [-0.3, -0.25) is 0 Å². The Morgan fingerprint density at radius 3 is 2.39 bits per heavy atom. The van der Waals surface area contributed by atoms with Crippen LogP contribution in [0, 0.1) is 0 Å². The van der Waals surface area contributed by atoms with Gasteiger partial charge in [0.15, 0.2) is 5.58 Å². The number of rotatable bonds is 8. The van der Waals surface area contributed by atoms with Gasteiger partial charge in [0.25, 0.3) is 0 Å². The minimum absolute atomic E-state index is 0.0311. The number of esters is 1. The number of oxazole rings is 1. The number of nitrogens with zero attached hydrogens (tertiary/aromatic N) is 1. The second-order valence-electron chi connectivity index (χ2n) is 7.28. The summed E-state index contributed by atoms with van der Waals surface area (Å²) in [5.41, 5.74) is 4.29. The summed E-state index contributed by atoms with van der Waals surface area (Å²) in [5, 5.41) is 0. The van der Waals surface area contributed by atoms with Crippen molar-refractivity contribution in [1.29, 1.82) is 0 Å². The summed E-state index contributed by atoms with van der Waals surface area (Å²) < 4.78 is 17.0. The molecular formula is C26H25NO4. The minimum atomic E-state index is -0.319. The van der Waals surface area contributed by atoms with Crippen LogP contribution in [0.5, 0.6) is 5.75 Å². The zero-order chi connectivity index (χ0) is 21.6. The van der Waals surface area contributed by atoms with E-state index >= 15 is 0 Å². The van der Waals surface area contributed by atoms with Crippen LogP contribution in [0.3, 0.4) is 0 Å². The van der Waals surface area contributed by atoms with Crippen LogP contribution in [-0.4, -0.2) is 23.7 Å². The van der Waals surface area contributed by atoms with Crippen molar-refractivity contribution in [3.8, 4) is 17.2 Å². The molecule has 0 saturated carbocycles. The Labute approximate surface area is 181 Å². The van der Waals surface area contributed by atoms with E-state index in [1.54, 1.807) is 19.1 Å². The van der Waals surface area contributed by atoms with Crippen LogP contribution >= 0.6 is 0 Å². The van der Waals surface area contributed by atoms with E-state index in [-0.39, 0.29) is 12.1 Å². The van der Waals surface area contributed by atoms with Crippen LogP contribution in [0.2, 0.25) is 0 Å². The fraction of sp³-hybridized carbons (Fsp3) is 0.231. The second-order valence-corrected chi connectivity index (χ2v) is 7.28. The number of carbonyl (C=O) groups is 1. The van der Waals surface area contributed by atoms with Gasteiger partial charge in [-0.05, 0) is 67.4 Å². The van der Waals surface area contributed by atoms with E-state index in [9.17, 15) is 4.79 Å². The summed E-state index contributed by atoms with van der Waals surface area (Å²) >= 11 is 0. The Morgan fingerprint density at radius 2 is 1.71 bits per heavy atom. The summed E-state index contributed by atoms with van der Waals surface area (Å²) in [7, 11) is 0. The Hall–Kier alpha value is -3.60. The average molecular weight is 415 g/mol. The third-order valence-corrected chi connectivity index (χ3v) is 5.08. The summed E-state index contributed by atoms with van der Waals surface area (Å²) in [4.78, 5) is 16.3. The molecule has 1 aromatic heterocycles. The lowest BCUT2D eigenvalue weighted by atomic mass is 10.0. The third kappa shape index (κ3) is 4.94. The second kappa shape index (κ2) is 9.47. The highest BCUT2D eigenvalue weighted by atomic mass is 16.5. The first kappa shape index (κ1) is 20.7. The lowest BCUT2D eigenvalue weighted by Crippen LogP contribution is -2.18. The molecule has 5 heteroatoms. The molecule has 0 N–H and O–H groups in total. The van der Waals surface area contributed by atoms with Crippen molar-refractivity contribution in [2.75, 3.05) is 6.61 Å². The monoisotopic (exact) mass is 415 g/mol. The quantitative estimate of drug-likeness (QED) is 0.327. The molecule has 1 heterocycles. The van der Waals surface area contributed by atoms with Crippen LogP contribution < -0.4 is 4.74 Å². The molecule has 0 fully saturated rings. The molecule has 0 amide bonds. The van der Waals surface area contributed by atoms with Crippen LogP contribution in [0.4, 0.5) is 0 Å². The Bertz CT molecular complexity index is 1110. The van der Waals surface area contributed by atoms with E-state index in [0.29, 0.717) is 18.1 Å². The van der Waals surface area contributed by atoms with Gasteiger partial charge >= 0.3 is 5.97 Å². The number of hydrogen-bond acceptors (Lipinski definition) is 5. The maximum Gasteiger partial charge on any atom is 0.338 e. The highest BCUT2D eigenvalue weighted by Crippen LogP contribution is 2.25. The van der Waals surface area contributed by atoms with E-state index in [1.807, 2.05) is 48.5 Å². The molecular weight excluding hydrogens is 390 g/mol. The Kier molecular flexibility index (Phi) is 6.32. The molecule has 5 nitrogen and oxygen atoms in total. The summed E-state index contributed by atoms with van der Waals surface area (Å²) in [6.45, 7) is 4.26. The maximum atomic E-state index is 11.8. The fourth-order valence-electron chi connectivity index (χ4n) is 3.39. The largest absolute Gasteiger partial charge is 0.490 e. The predicted molar refractivity (Wildman–Crippen MR) is 120 cm³/mol. The van der Waals surface area contributed by atoms with Crippen LogP contribution in [0.15, 0.2) is 77.2 Å². The molecule has 0 radical (unpaired) electrons. The average Bonchev–Trinajstić information content (AvgIpc) is 3.24. The van der Waals surface area contributed by atoms with Crippen molar-refractivity contribution in [2.24, 2.45) is 0 Å². The highest BCUT2D eigenvalue weighted by molar-refractivity contribution is 5.89. The molecule has 0 aliphatic heterocycles. The van der Waals surface area contributed by atoms with Gasteiger partial charge < -0.3 is 13.9 Å². The SMILES string of the molecule is CCOC(=O)c1ccc(OC(CC)Cc2ccc(-c3nc4ccccc4o3)cc2)cc1. The predicted octanol–water partition coefficient (Wildman–Crippen LogP) is 6.07. The van der Waals surface area contributed by atoms with Gasteiger partial charge in [0.1, 0.15) is 17.4 Å². The molecule has 0 bridgehead atoms. The molecule has 0 aliphatic rings. The van der Waals surface area contributed by atoms with Crippen molar-refractivity contribution in [1.82, 2.24) is 4.98 Å². The molecule has 1 atom stereocenters. The first-order valence-corrected chi connectivity index (χ1v) is 10.5. The van der Waals surface area contributed by atoms with Crippen molar-refractivity contribution < 1.29 is 18.7 Å². The first-order valence-electron chi connectivity index (χ1n) is 10.5. The summed E-state index contributed by atoms with van der Waals surface area (Å²) in [5.74, 6) is 1.04. The molecule has 1 unspecified atom stereocenters. The zero-order valence-corrected chi connectivity index (χ0v) is 17.7. The van der Waals surface area contributed by atoms with Crippen molar-refractivity contribution in [3.05, 3.63) is 83.9 Å². The standard InChI is InChI=1S/C26H25NO4/c1-3-21(30-22-15-13-20(14-16-22)26(28)29-4-2)17-18-9-11-19(12-10-18)25-27-23-7-5-6-8-24(23)31-25/h5-16,21H,3-4,17H2,1-2H3. The van der Waals surface area contributed by atoms with E-state index in [1.165, 1.54) is 5.56 Å². The molecule has 3 aromatic carbocycles. The molecule has 0 saturated heterocycles. The van der Waals surface area contributed by atoms with E-state index in [0.717, 1.165) is 35.3 Å². The third-order valence-electron chi connectivity index (χ3n) is 5.08. The van der Waals surface area contributed by atoms with Gasteiger partial charge in [-0.2, -0.15) is 0 Å². The molecule has 0 aliphatic carbocycles. The van der Waals surface area contributed by atoms with Gasteiger partial charge in [-0.1, -0.05) is 31.2 Å². The van der Waals surface area contributed by atoms with Gasteiger partial charge in [-0.15, -0.1) is 0 Å². The normalized spacial score (nSPS) is 11.9. The van der Waals surface area contributed by atoms with E-state index in [4.69, 9.17) is 13.9 Å². The topological polar surface area (TPSA) is 61.6 Å². The number of hydrogen-bond donors (Lipinski definition) is 0. The zero-order valence-electron chi connectivity index (χ0n) is 17.7.